The molecule has 2 rings (SSSR count). The van der Waals surface area contributed by atoms with E-state index in [0.29, 0.717) is 5.78 Å². The summed E-state index contributed by atoms with van der Waals surface area (Å²) in [4.78, 5) is 12.8. The Bertz CT molecular complexity index is 366. The van der Waals surface area contributed by atoms with Crippen molar-refractivity contribution in [1.82, 2.24) is 0 Å². The van der Waals surface area contributed by atoms with Gasteiger partial charge in [0.2, 0.25) is 0 Å². The Morgan fingerprint density at radius 2 is 1.30 bits per heavy atom. The Labute approximate surface area is 125 Å². The maximum atomic E-state index is 12.8. The SMILES string of the molecule is CC1=C(C)CC2(CCCCCCCCCCC2=O)CC1. The zero-order valence-corrected chi connectivity index (χ0v) is 13.6. The van der Waals surface area contributed by atoms with Gasteiger partial charge in [0, 0.05) is 11.8 Å². The van der Waals surface area contributed by atoms with Crippen LogP contribution in [0.3, 0.4) is 0 Å². The monoisotopic (exact) mass is 276 g/mol. The molecule has 1 saturated carbocycles. The zero-order valence-electron chi connectivity index (χ0n) is 13.6. The number of carbonyl (C=O) groups is 1. The predicted molar refractivity (Wildman–Crippen MR) is 85.8 cm³/mol. The third-order valence-corrected chi connectivity index (χ3v) is 5.71. The van der Waals surface area contributed by atoms with Crippen LogP contribution < -0.4 is 0 Å². The summed E-state index contributed by atoms with van der Waals surface area (Å²) in [6.45, 7) is 4.50. The van der Waals surface area contributed by atoms with E-state index in [1.165, 1.54) is 56.1 Å². The molecule has 1 nitrogen and oxygen atoms in total. The summed E-state index contributed by atoms with van der Waals surface area (Å²) < 4.78 is 0. The molecule has 0 aromatic rings. The maximum absolute atomic E-state index is 12.8. The summed E-state index contributed by atoms with van der Waals surface area (Å²) in [5, 5.41) is 0. The fraction of sp³-hybridized carbons (Fsp3) is 0.842. The van der Waals surface area contributed by atoms with E-state index in [2.05, 4.69) is 13.8 Å². The molecule has 1 fully saturated rings. The lowest BCUT2D eigenvalue weighted by Crippen LogP contribution is -2.34. The molecular weight excluding hydrogens is 244 g/mol. The van der Waals surface area contributed by atoms with Gasteiger partial charge < -0.3 is 0 Å². The number of Topliss-reactive ketones (excluding diaryl/α,β-unsaturated/α-hetero) is 1. The smallest absolute Gasteiger partial charge is 0.139 e. The molecule has 0 N–H and O–H groups in total. The lowest BCUT2D eigenvalue weighted by molar-refractivity contribution is -0.130. The second-order valence-corrected chi connectivity index (χ2v) is 7.27. The summed E-state index contributed by atoms with van der Waals surface area (Å²) in [6, 6.07) is 0. The average Bonchev–Trinajstić information content (AvgIpc) is 2.43. The van der Waals surface area contributed by atoms with Crippen molar-refractivity contribution < 1.29 is 4.79 Å². The summed E-state index contributed by atoms with van der Waals surface area (Å²) in [5.74, 6) is 0.588. The molecule has 0 radical (unpaired) electrons. The van der Waals surface area contributed by atoms with E-state index in [1.54, 1.807) is 0 Å². The van der Waals surface area contributed by atoms with Gasteiger partial charge in [0.15, 0.2) is 0 Å². The Balaban J connectivity index is 2.07. The van der Waals surface area contributed by atoms with Gasteiger partial charge in [0.25, 0.3) is 0 Å². The van der Waals surface area contributed by atoms with E-state index in [1.807, 2.05) is 0 Å². The fourth-order valence-electron chi connectivity index (χ4n) is 4.05. The molecule has 0 saturated heterocycles. The standard InChI is InChI=1S/C19H32O/c1-16-12-14-19(15-17(16)2)13-10-8-6-4-3-5-7-9-11-18(19)20/h3-15H2,1-2H3. The highest BCUT2D eigenvalue weighted by Crippen LogP contribution is 2.45. The Kier molecular flexibility index (Phi) is 5.86. The van der Waals surface area contributed by atoms with E-state index in [9.17, 15) is 4.79 Å². The van der Waals surface area contributed by atoms with Crippen LogP contribution in [0.1, 0.15) is 97.3 Å². The minimum absolute atomic E-state index is 0.0167. The Morgan fingerprint density at radius 1 is 0.700 bits per heavy atom. The van der Waals surface area contributed by atoms with Gasteiger partial charge >= 0.3 is 0 Å². The highest BCUT2D eigenvalue weighted by molar-refractivity contribution is 5.85. The van der Waals surface area contributed by atoms with Gasteiger partial charge in [-0.15, -0.1) is 0 Å². The van der Waals surface area contributed by atoms with Crippen molar-refractivity contribution in [2.24, 2.45) is 5.41 Å². The molecule has 1 heteroatoms. The van der Waals surface area contributed by atoms with Crippen molar-refractivity contribution >= 4 is 5.78 Å². The summed E-state index contributed by atoms with van der Waals surface area (Å²) >= 11 is 0. The molecule has 0 aromatic heterocycles. The van der Waals surface area contributed by atoms with Crippen molar-refractivity contribution in [3.63, 3.8) is 0 Å². The quantitative estimate of drug-likeness (QED) is 0.498. The first-order valence-electron chi connectivity index (χ1n) is 8.83. The molecule has 20 heavy (non-hydrogen) atoms. The first-order chi connectivity index (χ1) is 9.64. The van der Waals surface area contributed by atoms with Gasteiger partial charge in [-0.05, 0) is 46.0 Å². The molecule has 114 valence electrons. The largest absolute Gasteiger partial charge is 0.299 e. The topological polar surface area (TPSA) is 17.1 Å². The van der Waals surface area contributed by atoms with Gasteiger partial charge in [0.1, 0.15) is 5.78 Å². The number of rotatable bonds is 0. The van der Waals surface area contributed by atoms with Crippen LogP contribution in [0, 0.1) is 5.41 Å². The second-order valence-electron chi connectivity index (χ2n) is 7.27. The number of carbonyl (C=O) groups excluding carboxylic acids is 1. The van der Waals surface area contributed by atoms with Gasteiger partial charge in [-0.1, -0.05) is 56.1 Å². The molecule has 2 aliphatic carbocycles. The zero-order chi connectivity index (χ0) is 14.4. The van der Waals surface area contributed by atoms with Crippen LogP contribution in [-0.2, 0) is 4.79 Å². The highest BCUT2D eigenvalue weighted by Gasteiger charge is 2.39. The van der Waals surface area contributed by atoms with Crippen molar-refractivity contribution in [3.05, 3.63) is 11.1 Å². The minimum atomic E-state index is 0.0167. The Hall–Kier alpha value is -0.590. The van der Waals surface area contributed by atoms with Crippen LogP contribution in [0.5, 0.6) is 0 Å². The lowest BCUT2D eigenvalue weighted by Gasteiger charge is -2.37. The number of hydrogen-bond acceptors (Lipinski definition) is 1. The van der Waals surface area contributed by atoms with Gasteiger partial charge in [-0.3, -0.25) is 4.79 Å². The molecule has 0 aromatic carbocycles. The summed E-state index contributed by atoms with van der Waals surface area (Å²) in [7, 11) is 0. The van der Waals surface area contributed by atoms with Crippen LogP contribution >= 0.6 is 0 Å². The van der Waals surface area contributed by atoms with Crippen LogP contribution in [0.2, 0.25) is 0 Å². The van der Waals surface area contributed by atoms with Crippen molar-refractivity contribution in [1.29, 1.82) is 0 Å². The first-order valence-corrected chi connectivity index (χ1v) is 8.83. The van der Waals surface area contributed by atoms with Crippen LogP contribution in [0.15, 0.2) is 11.1 Å². The molecule has 1 spiro atoms. The average molecular weight is 276 g/mol. The Morgan fingerprint density at radius 3 is 1.95 bits per heavy atom. The molecule has 0 aliphatic heterocycles. The normalized spacial score (nSPS) is 31.0. The van der Waals surface area contributed by atoms with Crippen LogP contribution in [-0.4, -0.2) is 5.78 Å². The minimum Gasteiger partial charge on any atom is -0.299 e. The molecule has 2 aliphatic rings. The van der Waals surface area contributed by atoms with Crippen molar-refractivity contribution in [3.8, 4) is 0 Å². The van der Waals surface area contributed by atoms with Crippen LogP contribution in [0.4, 0.5) is 0 Å². The molecular formula is C19H32O. The third kappa shape index (κ3) is 3.96. The molecule has 0 amide bonds. The van der Waals surface area contributed by atoms with E-state index in [-0.39, 0.29) is 5.41 Å². The van der Waals surface area contributed by atoms with Gasteiger partial charge in [0.05, 0.1) is 0 Å². The van der Waals surface area contributed by atoms with E-state index >= 15 is 0 Å². The maximum Gasteiger partial charge on any atom is 0.139 e. The lowest BCUT2D eigenvalue weighted by atomic mass is 9.65. The third-order valence-electron chi connectivity index (χ3n) is 5.71. The fourth-order valence-corrected chi connectivity index (χ4v) is 4.05. The predicted octanol–water partition coefficient (Wildman–Crippen LogP) is 5.98. The van der Waals surface area contributed by atoms with Gasteiger partial charge in [-0.2, -0.15) is 0 Å². The molecule has 0 heterocycles. The van der Waals surface area contributed by atoms with Crippen LogP contribution in [0.25, 0.3) is 0 Å². The second kappa shape index (κ2) is 7.43. The molecule has 0 bridgehead atoms. The van der Waals surface area contributed by atoms with E-state index < -0.39 is 0 Å². The van der Waals surface area contributed by atoms with E-state index in [4.69, 9.17) is 0 Å². The van der Waals surface area contributed by atoms with Gasteiger partial charge in [-0.25, -0.2) is 0 Å². The number of ketones is 1. The van der Waals surface area contributed by atoms with Crippen molar-refractivity contribution in [2.75, 3.05) is 0 Å². The summed E-state index contributed by atoms with van der Waals surface area (Å²) in [5.41, 5.74) is 3.05. The summed E-state index contributed by atoms with van der Waals surface area (Å²) in [6.07, 6.45) is 15.8. The molecule has 1 unspecified atom stereocenters. The number of allylic oxidation sites excluding steroid dienone is 2. The molecule has 1 atom stereocenters. The van der Waals surface area contributed by atoms with E-state index in [0.717, 1.165) is 38.5 Å². The number of hydrogen-bond donors (Lipinski definition) is 0. The highest BCUT2D eigenvalue weighted by atomic mass is 16.1. The van der Waals surface area contributed by atoms with Crippen molar-refractivity contribution in [2.45, 2.75) is 97.3 Å². The first kappa shape index (κ1) is 15.8.